The number of nitrogens with one attached hydrogen (secondary N) is 1. The average Bonchev–Trinajstić information content (AvgIpc) is 3.20. The van der Waals surface area contributed by atoms with Gasteiger partial charge in [-0.05, 0) is 31.9 Å². The van der Waals surface area contributed by atoms with Crippen LogP contribution < -0.4 is 5.32 Å². The lowest BCUT2D eigenvalue weighted by Crippen LogP contribution is -2.40. The van der Waals surface area contributed by atoms with E-state index >= 15 is 0 Å². The second-order valence-corrected chi connectivity index (χ2v) is 5.19. The fourth-order valence-corrected chi connectivity index (χ4v) is 2.48. The molecule has 0 saturated carbocycles. The molecular weight excluding hydrogens is 268 g/mol. The van der Waals surface area contributed by atoms with Gasteiger partial charge in [0.1, 0.15) is 12.1 Å². The van der Waals surface area contributed by atoms with Crippen LogP contribution in [-0.2, 0) is 4.74 Å². The van der Waals surface area contributed by atoms with E-state index in [1.165, 1.54) is 0 Å². The predicted molar refractivity (Wildman–Crippen MR) is 77.3 cm³/mol. The van der Waals surface area contributed by atoms with Crippen molar-refractivity contribution in [3.05, 3.63) is 42.6 Å². The third-order valence-corrected chi connectivity index (χ3v) is 3.66. The van der Waals surface area contributed by atoms with Crippen molar-refractivity contribution in [2.45, 2.75) is 31.9 Å². The highest BCUT2D eigenvalue weighted by atomic mass is 16.5. The highest BCUT2D eigenvalue weighted by Gasteiger charge is 2.24. The summed E-state index contributed by atoms with van der Waals surface area (Å²) in [5.74, 6) is 0.562. The van der Waals surface area contributed by atoms with Crippen LogP contribution in [0, 0.1) is 0 Å². The van der Waals surface area contributed by atoms with Crippen LogP contribution in [0.2, 0.25) is 0 Å². The number of hydrogen-bond acceptors (Lipinski definition) is 4. The van der Waals surface area contributed by atoms with Crippen LogP contribution in [0.1, 0.15) is 30.1 Å². The van der Waals surface area contributed by atoms with E-state index in [0.29, 0.717) is 11.4 Å². The van der Waals surface area contributed by atoms with E-state index in [4.69, 9.17) is 4.74 Å². The van der Waals surface area contributed by atoms with Crippen LogP contribution in [0.4, 0.5) is 0 Å². The molecule has 0 bridgehead atoms. The molecule has 1 aliphatic rings. The first-order valence-electron chi connectivity index (χ1n) is 7.11. The van der Waals surface area contributed by atoms with Gasteiger partial charge >= 0.3 is 0 Å². The molecule has 0 spiro atoms. The Bertz CT molecular complexity index is 606. The Kier molecular flexibility index (Phi) is 3.96. The van der Waals surface area contributed by atoms with Gasteiger partial charge in [-0.25, -0.2) is 9.97 Å². The van der Waals surface area contributed by atoms with Gasteiger partial charge in [0.25, 0.3) is 5.91 Å². The highest BCUT2D eigenvalue weighted by Crippen LogP contribution is 2.16. The Morgan fingerprint density at radius 1 is 1.52 bits per heavy atom. The maximum Gasteiger partial charge on any atom is 0.251 e. The van der Waals surface area contributed by atoms with Gasteiger partial charge in [0.15, 0.2) is 0 Å². The molecule has 2 aromatic heterocycles. The first kappa shape index (κ1) is 13.8. The number of rotatable bonds is 4. The molecule has 2 aromatic rings. The van der Waals surface area contributed by atoms with Crippen molar-refractivity contribution < 1.29 is 9.53 Å². The van der Waals surface area contributed by atoms with Gasteiger partial charge in [-0.1, -0.05) is 0 Å². The van der Waals surface area contributed by atoms with Gasteiger partial charge in [0, 0.05) is 30.8 Å². The Balaban J connectivity index is 1.71. The number of carbonyl (C=O) groups is 1. The molecule has 2 atom stereocenters. The molecular formula is C15H18N4O2. The topological polar surface area (TPSA) is 69.0 Å². The van der Waals surface area contributed by atoms with Crippen molar-refractivity contribution in [2.75, 3.05) is 6.61 Å². The Morgan fingerprint density at radius 3 is 3.14 bits per heavy atom. The predicted octanol–water partition coefficient (Wildman–Crippen LogP) is 1.56. The van der Waals surface area contributed by atoms with E-state index in [1.54, 1.807) is 41.6 Å². The molecule has 1 saturated heterocycles. The molecule has 1 N–H and O–H groups in total. The van der Waals surface area contributed by atoms with Crippen LogP contribution >= 0.6 is 0 Å². The number of pyridine rings is 1. The summed E-state index contributed by atoms with van der Waals surface area (Å²) in [6.45, 7) is 2.76. The van der Waals surface area contributed by atoms with E-state index in [-0.39, 0.29) is 18.1 Å². The minimum Gasteiger partial charge on any atom is -0.376 e. The summed E-state index contributed by atoms with van der Waals surface area (Å²) in [4.78, 5) is 20.5. The van der Waals surface area contributed by atoms with Crippen molar-refractivity contribution in [3.8, 4) is 5.82 Å². The van der Waals surface area contributed by atoms with Crippen molar-refractivity contribution >= 4 is 5.91 Å². The third-order valence-electron chi connectivity index (χ3n) is 3.66. The zero-order chi connectivity index (χ0) is 14.7. The van der Waals surface area contributed by atoms with Crippen molar-refractivity contribution in [2.24, 2.45) is 0 Å². The number of aromatic nitrogens is 3. The number of hydrogen-bond donors (Lipinski definition) is 1. The summed E-state index contributed by atoms with van der Waals surface area (Å²) in [6, 6.07) is 3.46. The Hall–Kier alpha value is -2.21. The molecule has 110 valence electrons. The third kappa shape index (κ3) is 3.11. The van der Waals surface area contributed by atoms with Crippen LogP contribution in [0.15, 0.2) is 37.1 Å². The minimum absolute atomic E-state index is 0.00450. The normalized spacial score (nSPS) is 19.4. The van der Waals surface area contributed by atoms with Gasteiger partial charge in [0.05, 0.1) is 12.1 Å². The molecule has 0 aliphatic carbocycles. The molecule has 1 aliphatic heterocycles. The molecule has 0 unspecified atom stereocenters. The summed E-state index contributed by atoms with van der Waals surface area (Å²) >= 11 is 0. The monoisotopic (exact) mass is 286 g/mol. The van der Waals surface area contributed by atoms with Crippen LogP contribution in [0.5, 0.6) is 0 Å². The fourth-order valence-electron chi connectivity index (χ4n) is 2.48. The van der Waals surface area contributed by atoms with Crippen LogP contribution in [-0.4, -0.2) is 39.2 Å². The molecule has 0 radical (unpaired) electrons. The lowest BCUT2D eigenvalue weighted by atomic mass is 10.1. The van der Waals surface area contributed by atoms with Crippen LogP contribution in [0.3, 0.4) is 0 Å². The zero-order valence-electron chi connectivity index (χ0n) is 11.9. The first-order valence-corrected chi connectivity index (χ1v) is 7.11. The van der Waals surface area contributed by atoms with Crippen molar-refractivity contribution in [1.29, 1.82) is 0 Å². The number of ether oxygens (including phenoxy) is 1. The van der Waals surface area contributed by atoms with Crippen LogP contribution in [0.25, 0.3) is 5.82 Å². The summed E-state index contributed by atoms with van der Waals surface area (Å²) in [5.41, 5.74) is 0.582. The molecule has 6 heteroatoms. The molecule has 1 amide bonds. The maximum absolute atomic E-state index is 12.3. The number of amides is 1. The van der Waals surface area contributed by atoms with E-state index < -0.39 is 0 Å². The number of nitrogens with zero attached hydrogens (tertiary/aromatic N) is 3. The van der Waals surface area contributed by atoms with E-state index in [9.17, 15) is 4.79 Å². The summed E-state index contributed by atoms with van der Waals surface area (Å²) in [6.07, 6.45) is 8.92. The molecule has 6 nitrogen and oxygen atoms in total. The first-order chi connectivity index (χ1) is 10.2. The van der Waals surface area contributed by atoms with Gasteiger partial charge in [0.2, 0.25) is 0 Å². The fraction of sp³-hybridized carbons (Fsp3) is 0.400. The quantitative estimate of drug-likeness (QED) is 0.926. The minimum atomic E-state index is -0.109. The number of imidazole rings is 1. The summed E-state index contributed by atoms with van der Waals surface area (Å²) < 4.78 is 7.36. The van der Waals surface area contributed by atoms with Gasteiger partial charge in [-0.15, -0.1) is 0 Å². The van der Waals surface area contributed by atoms with Crippen molar-refractivity contribution in [1.82, 2.24) is 19.9 Å². The van der Waals surface area contributed by atoms with E-state index in [1.807, 2.05) is 6.92 Å². The van der Waals surface area contributed by atoms with Gasteiger partial charge in [-0.2, -0.15) is 0 Å². The Labute approximate surface area is 123 Å². The Morgan fingerprint density at radius 2 is 2.43 bits per heavy atom. The SMILES string of the molecule is C[C@H](NC(=O)c1ccnc(-n2ccnc2)c1)[C@H]1CCCO1. The van der Waals surface area contributed by atoms with E-state index in [2.05, 4.69) is 15.3 Å². The smallest absolute Gasteiger partial charge is 0.251 e. The molecule has 0 aromatic carbocycles. The molecule has 3 rings (SSSR count). The standard InChI is InChI=1S/C15H18N4O2/c1-11(13-3-2-8-21-13)18-15(20)12-4-5-17-14(9-12)19-7-6-16-10-19/h4-7,9-11,13H,2-3,8H2,1H3,(H,18,20)/t11-,13+/m0/s1. The number of carbonyl (C=O) groups excluding carboxylic acids is 1. The zero-order valence-corrected chi connectivity index (χ0v) is 11.9. The second kappa shape index (κ2) is 6.05. The molecule has 21 heavy (non-hydrogen) atoms. The lowest BCUT2D eigenvalue weighted by molar-refractivity contribution is 0.0712. The lowest BCUT2D eigenvalue weighted by Gasteiger charge is -2.20. The van der Waals surface area contributed by atoms with Gasteiger partial charge in [-0.3, -0.25) is 9.36 Å². The maximum atomic E-state index is 12.3. The molecule has 1 fully saturated rings. The summed E-state index contributed by atoms with van der Waals surface area (Å²) in [5, 5.41) is 2.99. The largest absolute Gasteiger partial charge is 0.376 e. The van der Waals surface area contributed by atoms with Gasteiger partial charge < -0.3 is 10.1 Å². The van der Waals surface area contributed by atoms with Crippen molar-refractivity contribution in [3.63, 3.8) is 0 Å². The second-order valence-electron chi connectivity index (χ2n) is 5.19. The molecule has 3 heterocycles. The van der Waals surface area contributed by atoms with E-state index in [0.717, 1.165) is 19.4 Å². The highest BCUT2D eigenvalue weighted by molar-refractivity contribution is 5.94. The summed E-state index contributed by atoms with van der Waals surface area (Å²) in [7, 11) is 0. The average molecular weight is 286 g/mol.